The molecule has 1 fully saturated rings. The molecule has 2 rings (SSSR count). The minimum Gasteiger partial charge on any atom is -0.508 e. The van der Waals surface area contributed by atoms with Crippen molar-refractivity contribution >= 4 is 10.2 Å². The van der Waals surface area contributed by atoms with Gasteiger partial charge in [-0.1, -0.05) is 19.1 Å². The molecule has 0 saturated carbocycles. The third-order valence-electron chi connectivity index (χ3n) is 4.35. The van der Waals surface area contributed by atoms with Crippen molar-refractivity contribution in [2.24, 2.45) is 5.92 Å². The van der Waals surface area contributed by atoms with Crippen molar-refractivity contribution in [3.05, 3.63) is 29.8 Å². The molecule has 5 nitrogen and oxygen atoms in total. The lowest BCUT2D eigenvalue weighted by Gasteiger charge is -2.34. The second-order valence-electron chi connectivity index (χ2n) is 5.87. The number of phenolic OH excluding ortho intramolecular Hbond substituents is 1. The van der Waals surface area contributed by atoms with E-state index >= 15 is 0 Å². The molecule has 118 valence electrons. The van der Waals surface area contributed by atoms with Gasteiger partial charge in [0, 0.05) is 26.2 Å². The van der Waals surface area contributed by atoms with Gasteiger partial charge in [0.25, 0.3) is 10.2 Å². The topological polar surface area (TPSA) is 60.9 Å². The molecule has 1 aromatic rings. The zero-order chi connectivity index (χ0) is 15.6. The summed E-state index contributed by atoms with van der Waals surface area (Å²) in [7, 11) is -1.82. The van der Waals surface area contributed by atoms with Crippen LogP contribution in [-0.2, 0) is 10.2 Å². The largest absolute Gasteiger partial charge is 0.508 e. The first-order chi connectivity index (χ1) is 9.82. The van der Waals surface area contributed by atoms with Crippen molar-refractivity contribution in [1.29, 1.82) is 0 Å². The molecule has 0 spiro atoms. The first kappa shape index (κ1) is 16.3. The van der Waals surface area contributed by atoms with Gasteiger partial charge in [-0.3, -0.25) is 0 Å². The van der Waals surface area contributed by atoms with Gasteiger partial charge in [0.05, 0.1) is 0 Å². The maximum absolute atomic E-state index is 12.7. The monoisotopic (exact) mass is 312 g/mol. The van der Waals surface area contributed by atoms with E-state index in [1.165, 1.54) is 4.31 Å². The summed E-state index contributed by atoms with van der Waals surface area (Å²) in [5.41, 5.74) is 0.865. The maximum atomic E-state index is 12.7. The van der Waals surface area contributed by atoms with Crippen LogP contribution in [0.15, 0.2) is 24.3 Å². The smallest absolute Gasteiger partial charge is 0.282 e. The summed E-state index contributed by atoms with van der Waals surface area (Å²) < 4.78 is 28.3. The Hall–Kier alpha value is -1.11. The van der Waals surface area contributed by atoms with Gasteiger partial charge >= 0.3 is 0 Å². The fourth-order valence-corrected chi connectivity index (χ4v) is 4.12. The van der Waals surface area contributed by atoms with Gasteiger partial charge in [-0.05, 0) is 43.4 Å². The second-order valence-corrected chi connectivity index (χ2v) is 7.86. The van der Waals surface area contributed by atoms with Crippen LogP contribution in [0.2, 0.25) is 0 Å². The van der Waals surface area contributed by atoms with Crippen LogP contribution in [0.3, 0.4) is 0 Å². The van der Waals surface area contributed by atoms with Crippen molar-refractivity contribution in [3.63, 3.8) is 0 Å². The average Bonchev–Trinajstić information content (AvgIpc) is 2.47. The predicted octanol–water partition coefficient (Wildman–Crippen LogP) is 2.36. The number of piperidine rings is 1. The van der Waals surface area contributed by atoms with Gasteiger partial charge in [0.2, 0.25) is 0 Å². The van der Waals surface area contributed by atoms with E-state index in [1.54, 1.807) is 35.6 Å². The lowest BCUT2D eigenvalue weighted by molar-refractivity contribution is 0.261. The fourth-order valence-electron chi connectivity index (χ4n) is 2.56. The third-order valence-corrected chi connectivity index (χ3v) is 6.42. The van der Waals surface area contributed by atoms with Crippen LogP contribution >= 0.6 is 0 Å². The Morgan fingerprint density at radius 3 is 2.29 bits per heavy atom. The Bertz CT molecular complexity index is 563. The van der Waals surface area contributed by atoms with Crippen LogP contribution < -0.4 is 0 Å². The van der Waals surface area contributed by atoms with E-state index in [-0.39, 0.29) is 11.8 Å². The van der Waals surface area contributed by atoms with Gasteiger partial charge in [-0.25, -0.2) is 0 Å². The highest BCUT2D eigenvalue weighted by Crippen LogP contribution is 2.27. The first-order valence-corrected chi connectivity index (χ1v) is 8.74. The molecule has 1 aromatic carbocycles. The highest BCUT2D eigenvalue weighted by atomic mass is 32.2. The molecule has 1 heterocycles. The zero-order valence-corrected chi connectivity index (χ0v) is 13.7. The van der Waals surface area contributed by atoms with E-state index < -0.39 is 10.2 Å². The number of hydrogen-bond acceptors (Lipinski definition) is 3. The molecule has 1 aliphatic heterocycles. The average molecular weight is 312 g/mol. The fraction of sp³-hybridized carbons (Fsp3) is 0.600. The molecule has 0 aliphatic carbocycles. The van der Waals surface area contributed by atoms with E-state index in [1.807, 2.05) is 6.92 Å². The van der Waals surface area contributed by atoms with Crippen molar-refractivity contribution in [2.45, 2.75) is 32.7 Å². The summed E-state index contributed by atoms with van der Waals surface area (Å²) >= 11 is 0. The second kappa shape index (κ2) is 6.34. The number of benzene rings is 1. The Morgan fingerprint density at radius 1 is 1.24 bits per heavy atom. The summed E-state index contributed by atoms with van der Waals surface area (Å²) in [6, 6.07) is 6.40. The van der Waals surface area contributed by atoms with Crippen LogP contribution in [0.5, 0.6) is 5.75 Å². The highest BCUT2D eigenvalue weighted by molar-refractivity contribution is 7.86. The zero-order valence-electron chi connectivity index (χ0n) is 12.9. The van der Waals surface area contributed by atoms with Crippen LogP contribution in [0.1, 0.15) is 38.3 Å². The Balaban J connectivity index is 2.13. The number of phenols is 1. The number of aromatic hydroxyl groups is 1. The van der Waals surface area contributed by atoms with Gasteiger partial charge < -0.3 is 5.11 Å². The summed E-state index contributed by atoms with van der Waals surface area (Å²) in [6.07, 6.45) is 1.83. The first-order valence-electron chi connectivity index (χ1n) is 7.34. The van der Waals surface area contributed by atoms with Crippen LogP contribution in [0, 0.1) is 5.92 Å². The molecule has 0 bridgehead atoms. The van der Waals surface area contributed by atoms with E-state index in [0.717, 1.165) is 18.4 Å². The molecule has 1 saturated heterocycles. The number of rotatable bonds is 4. The third kappa shape index (κ3) is 3.56. The van der Waals surface area contributed by atoms with Crippen LogP contribution in [0.25, 0.3) is 0 Å². The predicted molar refractivity (Wildman–Crippen MR) is 83.2 cm³/mol. The molecule has 21 heavy (non-hydrogen) atoms. The van der Waals surface area contributed by atoms with Gasteiger partial charge in [-0.2, -0.15) is 17.0 Å². The van der Waals surface area contributed by atoms with Crippen LogP contribution in [-0.4, -0.2) is 42.3 Å². The molecule has 0 amide bonds. The summed E-state index contributed by atoms with van der Waals surface area (Å²) in [5.74, 6) is 0.776. The molecule has 1 unspecified atom stereocenters. The quantitative estimate of drug-likeness (QED) is 0.928. The van der Waals surface area contributed by atoms with Crippen LogP contribution in [0.4, 0.5) is 0 Å². The van der Waals surface area contributed by atoms with E-state index in [4.69, 9.17) is 0 Å². The lowest BCUT2D eigenvalue weighted by Crippen LogP contribution is -2.46. The summed E-state index contributed by atoms with van der Waals surface area (Å²) in [5, 5.41) is 9.33. The summed E-state index contributed by atoms with van der Waals surface area (Å²) in [4.78, 5) is 0. The van der Waals surface area contributed by atoms with E-state index in [0.29, 0.717) is 19.0 Å². The molecular weight excluding hydrogens is 288 g/mol. The van der Waals surface area contributed by atoms with Gasteiger partial charge in [0.1, 0.15) is 5.75 Å². The molecular formula is C15H24N2O3S. The lowest BCUT2D eigenvalue weighted by atomic mass is 10.0. The van der Waals surface area contributed by atoms with E-state index in [2.05, 4.69) is 6.92 Å². The molecule has 0 radical (unpaired) electrons. The molecule has 6 heteroatoms. The van der Waals surface area contributed by atoms with E-state index in [9.17, 15) is 13.5 Å². The highest BCUT2D eigenvalue weighted by Gasteiger charge is 2.32. The number of hydrogen-bond donors (Lipinski definition) is 1. The minimum absolute atomic E-state index is 0.182. The Kier molecular flexibility index (Phi) is 4.91. The minimum atomic E-state index is -3.44. The van der Waals surface area contributed by atoms with Crippen molar-refractivity contribution < 1.29 is 13.5 Å². The van der Waals surface area contributed by atoms with Gasteiger partial charge in [-0.15, -0.1) is 0 Å². The number of nitrogens with zero attached hydrogens (tertiary/aromatic N) is 2. The normalized spacial score (nSPS) is 19.8. The molecule has 1 atom stereocenters. The summed E-state index contributed by atoms with van der Waals surface area (Å²) in [6.45, 7) is 5.20. The Morgan fingerprint density at radius 2 is 1.76 bits per heavy atom. The van der Waals surface area contributed by atoms with Crippen molar-refractivity contribution in [1.82, 2.24) is 8.61 Å². The van der Waals surface area contributed by atoms with Crippen molar-refractivity contribution in [2.75, 3.05) is 20.1 Å². The van der Waals surface area contributed by atoms with Crippen molar-refractivity contribution in [3.8, 4) is 5.75 Å². The molecule has 0 aromatic heterocycles. The SMILES string of the molecule is CC1CCN(S(=O)(=O)N(C)C(C)c2ccc(O)cc2)CC1. The molecule has 1 aliphatic rings. The standard InChI is InChI=1S/C15H24N2O3S/c1-12-8-10-17(11-9-12)21(19,20)16(3)13(2)14-4-6-15(18)7-5-14/h4-7,12-13,18H,8-11H2,1-3H3. The molecule has 1 N–H and O–H groups in total. The maximum Gasteiger partial charge on any atom is 0.282 e. The Labute approximate surface area is 127 Å². The van der Waals surface area contributed by atoms with Gasteiger partial charge in [0.15, 0.2) is 0 Å².